The Hall–Kier alpha value is -2.61. The van der Waals surface area contributed by atoms with Crippen molar-refractivity contribution < 1.29 is 28.6 Å². The number of hydrogen-bond acceptors (Lipinski definition) is 6. The summed E-state index contributed by atoms with van der Waals surface area (Å²) in [6, 6.07) is 7.05. The first-order chi connectivity index (χ1) is 14.2. The molecule has 1 rings (SSSR count). The maximum Gasteiger partial charge on any atom is 0.407 e. The molecule has 0 spiro atoms. The van der Waals surface area contributed by atoms with Crippen molar-refractivity contribution in [2.75, 3.05) is 6.61 Å². The summed E-state index contributed by atoms with van der Waals surface area (Å²) in [6.07, 6.45) is 0.108. The van der Waals surface area contributed by atoms with Crippen LogP contribution in [0.3, 0.4) is 0 Å². The molecular weight excluding hydrogens is 400 g/mol. The zero-order valence-corrected chi connectivity index (χ0v) is 19.4. The van der Waals surface area contributed by atoms with E-state index in [1.807, 2.05) is 45.0 Å². The Morgan fingerprint density at radius 2 is 1.48 bits per heavy atom. The number of hydrogen-bond donors (Lipinski definition) is 2. The summed E-state index contributed by atoms with van der Waals surface area (Å²) in [5.74, 6) is -0.724. The standard InChI is InChI=1S/C23H36N2O6/c1-22(2,3)30-20(27)13-16-7-9-17(10-8-16)14-29-15-18(11-12-19(24)26)25-21(28)31-23(4,5)6/h7-10,18H,11-15H2,1-6H3,(H2,24,26)(H,25,28). The lowest BCUT2D eigenvalue weighted by molar-refractivity contribution is -0.153. The van der Waals surface area contributed by atoms with Crippen LogP contribution in [0.2, 0.25) is 0 Å². The van der Waals surface area contributed by atoms with E-state index in [2.05, 4.69) is 5.32 Å². The third-order valence-electron chi connectivity index (χ3n) is 3.84. The van der Waals surface area contributed by atoms with E-state index < -0.39 is 29.2 Å². The van der Waals surface area contributed by atoms with Gasteiger partial charge in [0, 0.05) is 6.42 Å². The molecule has 31 heavy (non-hydrogen) atoms. The Morgan fingerprint density at radius 3 is 2.00 bits per heavy atom. The highest BCUT2D eigenvalue weighted by atomic mass is 16.6. The lowest BCUT2D eigenvalue weighted by Crippen LogP contribution is -2.42. The van der Waals surface area contributed by atoms with Crippen LogP contribution in [0.5, 0.6) is 0 Å². The molecule has 0 radical (unpaired) electrons. The zero-order chi connectivity index (χ0) is 23.7. The van der Waals surface area contributed by atoms with Crippen molar-refractivity contribution >= 4 is 18.0 Å². The van der Waals surface area contributed by atoms with E-state index >= 15 is 0 Å². The smallest absolute Gasteiger partial charge is 0.407 e. The van der Waals surface area contributed by atoms with Crippen LogP contribution in [0.25, 0.3) is 0 Å². The summed E-state index contributed by atoms with van der Waals surface area (Å²) < 4.78 is 16.3. The fourth-order valence-corrected chi connectivity index (χ4v) is 2.60. The summed E-state index contributed by atoms with van der Waals surface area (Å²) in [7, 11) is 0. The highest BCUT2D eigenvalue weighted by Gasteiger charge is 2.20. The number of nitrogens with two attached hydrogens (primary N) is 1. The number of rotatable bonds is 10. The van der Waals surface area contributed by atoms with Crippen LogP contribution in [-0.2, 0) is 36.8 Å². The van der Waals surface area contributed by atoms with Gasteiger partial charge in [-0.25, -0.2) is 4.79 Å². The lowest BCUT2D eigenvalue weighted by atomic mass is 10.1. The van der Waals surface area contributed by atoms with Gasteiger partial charge >= 0.3 is 12.1 Å². The molecule has 1 atom stereocenters. The molecule has 2 amide bonds. The molecule has 8 heteroatoms. The van der Waals surface area contributed by atoms with Crippen LogP contribution < -0.4 is 11.1 Å². The Bertz CT molecular complexity index is 732. The van der Waals surface area contributed by atoms with E-state index in [1.165, 1.54) is 0 Å². The van der Waals surface area contributed by atoms with Crippen LogP contribution >= 0.6 is 0 Å². The van der Waals surface area contributed by atoms with Gasteiger partial charge in [0.2, 0.25) is 5.91 Å². The zero-order valence-electron chi connectivity index (χ0n) is 19.4. The first-order valence-corrected chi connectivity index (χ1v) is 10.4. The molecule has 0 heterocycles. The minimum atomic E-state index is -0.625. The quantitative estimate of drug-likeness (QED) is 0.544. The van der Waals surface area contributed by atoms with E-state index in [0.717, 1.165) is 11.1 Å². The second-order valence-corrected chi connectivity index (χ2v) is 9.44. The van der Waals surface area contributed by atoms with Gasteiger partial charge in [0.25, 0.3) is 0 Å². The fourth-order valence-electron chi connectivity index (χ4n) is 2.60. The lowest BCUT2D eigenvalue weighted by Gasteiger charge is -2.23. The third kappa shape index (κ3) is 13.3. The number of esters is 1. The van der Waals surface area contributed by atoms with Crippen LogP contribution in [-0.4, -0.2) is 41.8 Å². The van der Waals surface area contributed by atoms with E-state index in [9.17, 15) is 14.4 Å². The number of benzene rings is 1. The molecule has 0 saturated heterocycles. The van der Waals surface area contributed by atoms with Gasteiger partial charge in [0.05, 0.1) is 25.7 Å². The summed E-state index contributed by atoms with van der Waals surface area (Å²) in [5.41, 5.74) is 5.85. The number of primary amides is 1. The average Bonchev–Trinajstić information content (AvgIpc) is 2.57. The molecular formula is C23H36N2O6. The maximum absolute atomic E-state index is 12.0. The van der Waals surface area contributed by atoms with Crippen molar-refractivity contribution in [2.24, 2.45) is 5.73 Å². The Balaban J connectivity index is 2.54. The normalized spacial score (nSPS) is 12.7. The minimum absolute atomic E-state index is 0.128. The van der Waals surface area contributed by atoms with Crippen LogP contribution in [0.15, 0.2) is 24.3 Å². The van der Waals surface area contributed by atoms with Crippen molar-refractivity contribution in [3.05, 3.63) is 35.4 Å². The first kappa shape index (κ1) is 26.4. The summed E-state index contributed by atoms with van der Waals surface area (Å²) in [4.78, 5) is 35.0. The number of carbonyl (C=O) groups excluding carboxylic acids is 3. The van der Waals surface area contributed by atoms with Crippen LogP contribution in [0.1, 0.15) is 65.5 Å². The number of ether oxygens (including phenoxy) is 3. The SMILES string of the molecule is CC(C)(C)OC(=O)Cc1ccc(COCC(CCC(N)=O)NC(=O)OC(C)(C)C)cc1. The average molecular weight is 437 g/mol. The molecule has 1 aromatic rings. The monoisotopic (exact) mass is 436 g/mol. The van der Waals surface area contributed by atoms with Gasteiger partial charge in [-0.2, -0.15) is 0 Å². The van der Waals surface area contributed by atoms with E-state index in [0.29, 0.717) is 13.0 Å². The molecule has 0 fully saturated rings. The molecule has 0 aliphatic heterocycles. The molecule has 0 saturated carbocycles. The second-order valence-electron chi connectivity index (χ2n) is 9.44. The fraction of sp³-hybridized carbons (Fsp3) is 0.609. The van der Waals surface area contributed by atoms with Crippen molar-refractivity contribution in [1.29, 1.82) is 0 Å². The molecule has 8 nitrogen and oxygen atoms in total. The van der Waals surface area contributed by atoms with E-state index in [1.54, 1.807) is 20.8 Å². The van der Waals surface area contributed by atoms with Gasteiger partial charge in [-0.15, -0.1) is 0 Å². The molecule has 3 N–H and O–H groups in total. The predicted molar refractivity (Wildman–Crippen MR) is 117 cm³/mol. The van der Waals surface area contributed by atoms with Gasteiger partial charge in [-0.05, 0) is 59.1 Å². The summed E-state index contributed by atoms with van der Waals surface area (Å²) in [6.45, 7) is 11.3. The van der Waals surface area contributed by atoms with Crippen LogP contribution in [0.4, 0.5) is 4.79 Å². The number of amides is 2. The molecule has 0 bridgehead atoms. The van der Waals surface area contributed by atoms with Crippen molar-refractivity contribution in [2.45, 2.75) is 84.7 Å². The van der Waals surface area contributed by atoms with Crippen LogP contribution in [0, 0.1) is 0 Å². The maximum atomic E-state index is 12.0. The highest BCUT2D eigenvalue weighted by Crippen LogP contribution is 2.12. The molecule has 1 aromatic carbocycles. The number of alkyl carbamates (subject to hydrolysis) is 1. The Kier molecular flexibility index (Phi) is 9.97. The largest absolute Gasteiger partial charge is 0.460 e. The molecule has 0 aliphatic rings. The number of carbonyl (C=O) groups is 3. The summed E-state index contributed by atoms with van der Waals surface area (Å²) in [5, 5.41) is 2.72. The molecule has 0 aromatic heterocycles. The van der Waals surface area contributed by atoms with E-state index in [-0.39, 0.29) is 25.4 Å². The second kappa shape index (κ2) is 11.7. The van der Waals surface area contributed by atoms with Gasteiger partial charge < -0.3 is 25.3 Å². The minimum Gasteiger partial charge on any atom is -0.460 e. The molecule has 174 valence electrons. The first-order valence-electron chi connectivity index (χ1n) is 10.4. The topological polar surface area (TPSA) is 117 Å². The predicted octanol–water partition coefficient (Wildman–Crippen LogP) is 3.25. The van der Waals surface area contributed by atoms with Gasteiger partial charge in [0.15, 0.2) is 0 Å². The highest BCUT2D eigenvalue weighted by molar-refractivity contribution is 5.74. The summed E-state index contributed by atoms with van der Waals surface area (Å²) >= 11 is 0. The van der Waals surface area contributed by atoms with E-state index in [4.69, 9.17) is 19.9 Å². The van der Waals surface area contributed by atoms with Crippen molar-refractivity contribution in [3.63, 3.8) is 0 Å². The van der Waals surface area contributed by atoms with Gasteiger partial charge in [0.1, 0.15) is 11.2 Å². The van der Waals surface area contributed by atoms with Crippen molar-refractivity contribution in [3.8, 4) is 0 Å². The Morgan fingerprint density at radius 1 is 0.935 bits per heavy atom. The number of nitrogens with one attached hydrogen (secondary N) is 1. The molecule has 1 unspecified atom stereocenters. The van der Waals surface area contributed by atoms with Gasteiger partial charge in [-0.3, -0.25) is 9.59 Å². The molecule has 0 aliphatic carbocycles. The third-order valence-corrected chi connectivity index (χ3v) is 3.84. The van der Waals surface area contributed by atoms with Gasteiger partial charge in [-0.1, -0.05) is 24.3 Å². The Labute approximate surface area is 184 Å². The van der Waals surface area contributed by atoms with Crippen molar-refractivity contribution in [1.82, 2.24) is 5.32 Å².